The highest BCUT2D eigenvalue weighted by Gasteiger charge is 2.04. The lowest BCUT2D eigenvalue weighted by Crippen LogP contribution is -2.35. The monoisotopic (exact) mass is 287 g/mol. The van der Waals surface area contributed by atoms with Crippen molar-refractivity contribution in [1.82, 2.24) is 9.80 Å². The van der Waals surface area contributed by atoms with Crippen LogP contribution < -0.4 is 4.74 Å². The molecule has 0 N–H and O–H groups in total. The molecule has 0 heterocycles. The molecular weight excluding hydrogens is 269 g/mol. The molecule has 6 heteroatoms. The predicted octanol–water partition coefficient (Wildman–Crippen LogP) is 2.34. The Balaban J connectivity index is 2.49. The van der Waals surface area contributed by atoms with Crippen LogP contribution in [0.25, 0.3) is 0 Å². The van der Waals surface area contributed by atoms with Crippen molar-refractivity contribution >= 4 is 17.6 Å². The van der Waals surface area contributed by atoms with Gasteiger partial charge in [0.15, 0.2) is 5.96 Å². The van der Waals surface area contributed by atoms with Crippen LogP contribution in [0.5, 0.6) is 5.75 Å². The van der Waals surface area contributed by atoms with E-state index in [-0.39, 0.29) is 5.02 Å². The molecule has 0 atom stereocenters. The second-order valence-corrected chi connectivity index (χ2v) is 4.80. The summed E-state index contributed by atoms with van der Waals surface area (Å²) in [6, 6.07) is 4.29. The zero-order valence-electron chi connectivity index (χ0n) is 11.7. The first-order chi connectivity index (χ1) is 8.91. The van der Waals surface area contributed by atoms with E-state index in [2.05, 4.69) is 4.99 Å². The predicted molar refractivity (Wildman–Crippen MR) is 76.6 cm³/mol. The standard InChI is InChI=1S/C13H19ClFN3O/c1-17(2)13(18(3)4)16-7-8-19-10-5-6-12(15)11(14)9-10/h5-6,9H,7-8H2,1-4H3. The zero-order valence-corrected chi connectivity index (χ0v) is 12.4. The van der Waals surface area contributed by atoms with Crippen LogP contribution in [-0.4, -0.2) is 57.1 Å². The number of hydrogen-bond donors (Lipinski definition) is 0. The minimum Gasteiger partial charge on any atom is -0.492 e. The number of guanidine groups is 1. The second kappa shape index (κ2) is 7.19. The molecule has 0 aliphatic rings. The van der Waals surface area contributed by atoms with Crippen molar-refractivity contribution in [2.75, 3.05) is 41.3 Å². The van der Waals surface area contributed by atoms with Gasteiger partial charge in [0, 0.05) is 34.3 Å². The molecule has 0 bridgehead atoms. The Hall–Kier alpha value is -1.49. The van der Waals surface area contributed by atoms with E-state index in [9.17, 15) is 4.39 Å². The molecule has 4 nitrogen and oxygen atoms in total. The lowest BCUT2D eigenvalue weighted by molar-refractivity contribution is 0.326. The number of rotatable bonds is 4. The molecule has 1 rings (SSSR count). The minimum atomic E-state index is -0.450. The Labute approximate surface area is 118 Å². The van der Waals surface area contributed by atoms with Gasteiger partial charge < -0.3 is 14.5 Å². The number of hydrogen-bond acceptors (Lipinski definition) is 2. The van der Waals surface area contributed by atoms with Crippen molar-refractivity contribution in [3.63, 3.8) is 0 Å². The smallest absolute Gasteiger partial charge is 0.195 e. The molecule has 0 aromatic heterocycles. The molecule has 0 unspecified atom stereocenters. The van der Waals surface area contributed by atoms with Crippen LogP contribution in [-0.2, 0) is 0 Å². The molecule has 0 saturated heterocycles. The maximum absolute atomic E-state index is 13.0. The van der Waals surface area contributed by atoms with E-state index in [1.165, 1.54) is 12.1 Å². The van der Waals surface area contributed by atoms with Crippen LogP contribution in [0.15, 0.2) is 23.2 Å². The highest BCUT2D eigenvalue weighted by atomic mass is 35.5. The van der Waals surface area contributed by atoms with E-state index in [1.54, 1.807) is 6.07 Å². The molecule has 0 radical (unpaired) electrons. The first-order valence-corrected chi connectivity index (χ1v) is 6.26. The van der Waals surface area contributed by atoms with Gasteiger partial charge in [-0.15, -0.1) is 0 Å². The van der Waals surface area contributed by atoms with E-state index in [0.717, 1.165) is 5.96 Å². The lowest BCUT2D eigenvalue weighted by atomic mass is 10.3. The summed E-state index contributed by atoms with van der Waals surface area (Å²) >= 11 is 5.66. The summed E-state index contributed by atoms with van der Waals surface area (Å²) in [7, 11) is 7.72. The number of aliphatic imine (C=N–C) groups is 1. The molecule has 0 aliphatic carbocycles. The molecule has 0 amide bonds. The second-order valence-electron chi connectivity index (χ2n) is 4.39. The molecule has 0 aliphatic heterocycles. The number of halogens is 2. The van der Waals surface area contributed by atoms with Crippen molar-refractivity contribution in [2.45, 2.75) is 0 Å². The fraction of sp³-hybridized carbons (Fsp3) is 0.462. The third-order valence-corrected chi connectivity index (χ3v) is 2.59. The van der Waals surface area contributed by atoms with Gasteiger partial charge in [0.25, 0.3) is 0 Å². The Morgan fingerprint density at radius 3 is 2.42 bits per heavy atom. The summed E-state index contributed by atoms with van der Waals surface area (Å²) in [5.74, 6) is 0.952. The SMILES string of the molecule is CN(C)C(=NCCOc1ccc(F)c(Cl)c1)N(C)C. The fourth-order valence-electron chi connectivity index (χ4n) is 1.56. The maximum atomic E-state index is 13.0. The molecule has 0 saturated carbocycles. The number of benzene rings is 1. The van der Waals surface area contributed by atoms with Crippen molar-refractivity contribution in [1.29, 1.82) is 0 Å². The molecule has 19 heavy (non-hydrogen) atoms. The normalized spacial score (nSPS) is 10.0. The van der Waals surface area contributed by atoms with Gasteiger partial charge >= 0.3 is 0 Å². The molecule has 1 aromatic rings. The zero-order chi connectivity index (χ0) is 14.4. The van der Waals surface area contributed by atoms with Crippen molar-refractivity contribution in [3.8, 4) is 5.75 Å². The summed E-state index contributed by atoms with van der Waals surface area (Å²) in [5, 5.41) is 0.0586. The van der Waals surface area contributed by atoms with E-state index >= 15 is 0 Å². The Morgan fingerprint density at radius 2 is 1.89 bits per heavy atom. The first kappa shape index (κ1) is 15.6. The van der Waals surface area contributed by atoms with Crippen LogP contribution >= 0.6 is 11.6 Å². The van der Waals surface area contributed by atoms with E-state index in [4.69, 9.17) is 16.3 Å². The Morgan fingerprint density at radius 1 is 1.26 bits per heavy atom. The fourth-order valence-corrected chi connectivity index (χ4v) is 1.73. The van der Waals surface area contributed by atoms with Crippen LogP contribution in [0.4, 0.5) is 4.39 Å². The maximum Gasteiger partial charge on any atom is 0.195 e. The Bertz CT molecular complexity index is 440. The lowest BCUT2D eigenvalue weighted by Gasteiger charge is -2.22. The third-order valence-electron chi connectivity index (χ3n) is 2.30. The van der Waals surface area contributed by atoms with E-state index in [1.807, 2.05) is 38.0 Å². The van der Waals surface area contributed by atoms with Crippen molar-refractivity contribution < 1.29 is 9.13 Å². The molecule has 0 spiro atoms. The van der Waals surface area contributed by atoms with Gasteiger partial charge in [-0.3, -0.25) is 0 Å². The number of ether oxygens (including phenoxy) is 1. The van der Waals surface area contributed by atoms with Gasteiger partial charge in [0.2, 0.25) is 0 Å². The summed E-state index contributed by atoms with van der Waals surface area (Å²) in [5.41, 5.74) is 0. The minimum absolute atomic E-state index is 0.0586. The van der Waals surface area contributed by atoms with Gasteiger partial charge in [-0.2, -0.15) is 0 Å². The van der Waals surface area contributed by atoms with Crippen LogP contribution in [0, 0.1) is 5.82 Å². The van der Waals surface area contributed by atoms with Gasteiger partial charge in [0.1, 0.15) is 18.2 Å². The van der Waals surface area contributed by atoms with Crippen LogP contribution in [0.1, 0.15) is 0 Å². The first-order valence-electron chi connectivity index (χ1n) is 5.88. The summed E-state index contributed by atoms with van der Waals surface area (Å²) in [4.78, 5) is 8.26. The van der Waals surface area contributed by atoms with Gasteiger partial charge in [0.05, 0.1) is 11.6 Å². The Kier molecular flexibility index (Phi) is 5.89. The van der Waals surface area contributed by atoms with Crippen molar-refractivity contribution in [2.24, 2.45) is 4.99 Å². The summed E-state index contributed by atoms with van der Waals surface area (Å²) < 4.78 is 18.4. The highest BCUT2D eigenvalue weighted by molar-refractivity contribution is 6.30. The van der Waals surface area contributed by atoms with Gasteiger partial charge in [-0.25, -0.2) is 9.38 Å². The van der Waals surface area contributed by atoms with Gasteiger partial charge in [-0.1, -0.05) is 11.6 Å². The topological polar surface area (TPSA) is 28.1 Å². The third kappa shape index (κ3) is 4.95. The average Bonchev–Trinajstić information content (AvgIpc) is 2.32. The van der Waals surface area contributed by atoms with Crippen molar-refractivity contribution in [3.05, 3.63) is 29.0 Å². The molecular formula is C13H19ClFN3O. The highest BCUT2D eigenvalue weighted by Crippen LogP contribution is 2.20. The van der Waals surface area contributed by atoms with E-state index in [0.29, 0.717) is 18.9 Å². The molecule has 1 aromatic carbocycles. The van der Waals surface area contributed by atoms with Gasteiger partial charge in [-0.05, 0) is 12.1 Å². The molecule has 0 fully saturated rings. The molecule has 106 valence electrons. The van der Waals surface area contributed by atoms with E-state index < -0.39 is 5.82 Å². The average molecular weight is 288 g/mol. The largest absolute Gasteiger partial charge is 0.492 e. The summed E-state index contributed by atoms with van der Waals surface area (Å²) in [6.07, 6.45) is 0. The quantitative estimate of drug-likeness (QED) is 0.483. The number of nitrogens with zero attached hydrogens (tertiary/aromatic N) is 3. The van der Waals surface area contributed by atoms with Crippen LogP contribution in [0.2, 0.25) is 5.02 Å². The van der Waals surface area contributed by atoms with Crippen LogP contribution in [0.3, 0.4) is 0 Å². The summed E-state index contributed by atoms with van der Waals surface area (Å²) in [6.45, 7) is 0.924.